The van der Waals surface area contributed by atoms with Crippen molar-refractivity contribution in [3.63, 3.8) is 0 Å². The number of thioether (sulfide) groups is 1. The van der Waals surface area contributed by atoms with Crippen LogP contribution >= 0.6 is 11.8 Å². The van der Waals surface area contributed by atoms with E-state index < -0.39 is 17.1 Å². The molecule has 0 fully saturated rings. The molecule has 5 rings (SSSR count). The molecule has 0 aliphatic heterocycles. The number of rotatable bonds is 13. The van der Waals surface area contributed by atoms with Gasteiger partial charge in [-0.2, -0.15) is 0 Å². The molecule has 1 unspecified atom stereocenters. The van der Waals surface area contributed by atoms with Crippen molar-refractivity contribution >= 4 is 46.9 Å². The lowest BCUT2D eigenvalue weighted by Gasteiger charge is -2.15. The Morgan fingerprint density at radius 3 is 2.04 bits per heavy atom. The second-order valence-electron chi connectivity index (χ2n) is 10.7. The molecule has 0 saturated heterocycles. The van der Waals surface area contributed by atoms with Crippen LogP contribution in [0.3, 0.4) is 0 Å². The van der Waals surface area contributed by atoms with Crippen molar-refractivity contribution in [3.05, 3.63) is 144 Å². The molecule has 0 bridgehead atoms. The average Bonchev–Trinajstić information content (AvgIpc) is 3.13. The first kappa shape index (κ1) is 34.3. The van der Waals surface area contributed by atoms with Crippen molar-refractivity contribution in [3.8, 4) is 23.0 Å². The first-order valence-electron chi connectivity index (χ1n) is 15.3. The smallest absolute Gasteiger partial charge is 0.272 e. The minimum absolute atomic E-state index is 0.00797. The maximum Gasteiger partial charge on any atom is 0.272 e. The number of nitrogens with one attached hydrogen (secondary N) is 3. The zero-order valence-electron chi connectivity index (χ0n) is 27.1. The lowest BCUT2D eigenvalue weighted by molar-refractivity contribution is -0.115. The number of para-hydroxylation sites is 1. The van der Waals surface area contributed by atoms with Gasteiger partial charge in [-0.05, 0) is 97.9 Å². The van der Waals surface area contributed by atoms with E-state index in [1.165, 1.54) is 32.1 Å². The number of carbonyl (C=O) groups is 3. The average molecular weight is 674 g/mol. The molecule has 0 saturated carbocycles. The van der Waals surface area contributed by atoms with Crippen molar-refractivity contribution in [2.45, 2.75) is 17.1 Å². The molecule has 3 N–H and O–H groups in total. The standard InChI is InChI=1S/C39H35N3O6S/c1-26(37(43)40-29-17-19-32(20-18-29)48-31-14-8-5-9-15-31)49-34-16-10-13-30(25-34)41-39(45)35(42-38(44)27-11-6-4-7-12-27)24-28-23-33(46-2)21-22-36(28)47-3/h4-26H,1-3H3,(H,40,43)(H,41,45)(H,42,44)/b35-24+. The van der Waals surface area contributed by atoms with E-state index in [9.17, 15) is 14.4 Å². The first-order valence-corrected chi connectivity index (χ1v) is 16.2. The lowest BCUT2D eigenvalue weighted by atomic mass is 10.1. The molecule has 248 valence electrons. The Morgan fingerprint density at radius 2 is 1.35 bits per heavy atom. The molecule has 0 heterocycles. The number of hydrogen-bond donors (Lipinski definition) is 3. The number of anilines is 2. The Labute approximate surface area is 289 Å². The van der Waals surface area contributed by atoms with Crippen molar-refractivity contribution in [2.75, 3.05) is 24.9 Å². The number of benzene rings is 5. The summed E-state index contributed by atoms with van der Waals surface area (Å²) in [4.78, 5) is 40.6. The fraction of sp³-hybridized carbons (Fsp3) is 0.103. The molecule has 0 spiro atoms. The zero-order chi connectivity index (χ0) is 34.6. The maximum atomic E-state index is 13.7. The number of carbonyl (C=O) groups excluding carboxylic acids is 3. The van der Waals surface area contributed by atoms with E-state index in [-0.39, 0.29) is 11.6 Å². The van der Waals surface area contributed by atoms with Crippen LogP contribution in [0.25, 0.3) is 6.08 Å². The van der Waals surface area contributed by atoms with E-state index in [2.05, 4.69) is 16.0 Å². The van der Waals surface area contributed by atoms with Gasteiger partial charge in [-0.15, -0.1) is 11.8 Å². The minimum atomic E-state index is -0.554. The number of hydrogen-bond acceptors (Lipinski definition) is 7. The second-order valence-corrected chi connectivity index (χ2v) is 12.1. The molecule has 0 aliphatic carbocycles. The Hall–Kier alpha value is -6.00. The molecule has 10 heteroatoms. The van der Waals surface area contributed by atoms with Crippen molar-refractivity contribution in [1.29, 1.82) is 0 Å². The van der Waals surface area contributed by atoms with Crippen molar-refractivity contribution < 1.29 is 28.6 Å². The molecular weight excluding hydrogens is 639 g/mol. The van der Waals surface area contributed by atoms with Crippen LogP contribution in [0.1, 0.15) is 22.8 Å². The van der Waals surface area contributed by atoms with Crippen LogP contribution in [0, 0.1) is 0 Å². The molecule has 0 aromatic heterocycles. The quantitative estimate of drug-likeness (QED) is 0.0857. The van der Waals surface area contributed by atoms with Gasteiger partial charge in [0.1, 0.15) is 28.7 Å². The van der Waals surface area contributed by atoms with Gasteiger partial charge in [-0.1, -0.05) is 42.5 Å². The lowest BCUT2D eigenvalue weighted by Crippen LogP contribution is -2.30. The van der Waals surface area contributed by atoms with Crippen LogP contribution in [0.15, 0.2) is 138 Å². The normalized spacial score (nSPS) is 11.5. The molecule has 0 radical (unpaired) electrons. The monoisotopic (exact) mass is 673 g/mol. The molecule has 1 atom stereocenters. The van der Waals surface area contributed by atoms with E-state index >= 15 is 0 Å². The first-order chi connectivity index (χ1) is 23.8. The van der Waals surface area contributed by atoms with Crippen molar-refractivity contribution in [1.82, 2.24) is 5.32 Å². The van der Waals surface area contributed by atoms with Crippen LogP contribution in [0.5, 0.6) is 23.0 Å². The molecule has 49 heavy (non-hydrogen) atoms. The highest BCUT2D eigenvalue weighted by Gasteiger charge is 2.18. The summed E-state index contributed by atoms with van der Waals surface area (Å²) in [5, 5.41) is 8.09. The Kier molecular flexibility index (Phi) is 11.7. The fourth-order valence-electron chi connectivity index (χ4n) is 4.63. The van der Waals surface area contributed by atoms with Gasteiger partial charge in [0.05, 0.1) is 19.5 Å². The highest BCUT2D eigenvalue weighted by molar-refractivity contribution is 8.00. The second kappa shape index (κ2) is 16.7. The van der Waals surface area contributed by atoms with E-state index in [4.69, 9.17) is 14.2 Å². The molecule has 9 nitrogen and oxygen atoms in total. The molecular formula is C39H35N3O6S. The van der Waals surface area contributed by atoms with Gasteiger partial charge < -0.3 is 30.2 Å². The number of amides is 3. The fourth-order valence-corrected chi connectivity index (χ4v) is 5.55. The van der Waals surface area contributed by atoms with Crippen LogP contribution in [0.2, 0.25) is 0 Å². The van der Waals surface area contributed by atoms with Crippen LogP contribution < -0.4 is 30.2 Å². The SMILES string of the molecule is COc1ccc(OC)c(/C=C(/NC(=O)c2ccccc2)C(=O)Nc2cccc(SC(C)C(=O)Nc3ccc(Oc4ccccc4)cc3)c2)c1. The predicted octanol–water partition coefficient (Wildman–Crippen LogP) is 8.03. The summed E-state index contributed by atoms with van der Waals surface area (Å²) in [5.74, 6) is 1.24. The Morgan fingerprint density at radius 1 is 0.673 bits per heavy atom. The van der Waals surface area contributed by atoms with E-state index in [1.54, 1.807) is 97.9 Å². The van der Waals surface area contributed by atoms with Crippen LogP contribution in [-0.2, 0) is 9.59 Å². The Balaban J connectivity index is 1.27. The van der Waals surface area contributed by atoms with Gasteiger partial charge in [0.2, 0.25) is 5.91 Å². The van der Waals surface area contributed by atoms with Gasteiger partial charge in [0, 0.05) is 27.4 Å². The van der Waals surface area contributed by atoms with E-state index in [1.807, 2.05) is 36.4 Å². The third kappa shape index (κ3) is 9.75. The van der Waals surface area contributed by atoms with Crippen LogP contribution in [0.4, 0.5) is 11.4 Å². The molecule has 3 amide bonds. The summed E-state index contributed by atoms with van der Waals surface area (Å²) in [6.07, 6.45) is 1.53. The van der Waals surface area contributed by atoms with Gasteiger partial charge in [0.25, 0.3) is 11.8 Å². The van der Waals surface area contributed by atoms with E-state index in [0.29, 0.717) is 39.8 Å². The maximum absolute atomic E-state index is 13.7. The zero-order valence-corrected chi connectivity index (χ0v) is 28.0. The summed E-state index contributed by atoms with van der Waals surface area (Å²) in [5.41, 5.74) is 2.03. The number of ether oxygens (including phenoxy) is 3. The summed E-state index contributed by atoms with van der Waals surface area (Å²) >= 11 is 1.34. The molecule has 5 aromatic carbocycles. The topological polar surface area (TPSA) is 115 Å². The highest BCUT2D eigenvalue weighted by Crippen LogP contribution is 2.29. The molecule has 0 aliphatic rings. The van der Waals surface area contributed by atoms with Crippen molar-refractivity contribution in [2.24, 2.45) is 0 Å². The third-order valence-electron chi connectivity index (χ3n) is 7.14. The number of methoxy groups -OCH3 is 2. The molecule has 5 aromatic rings. The van der Waals surface area contributed by atoms with Crippen LogP contribution in [-0.4, -0.2) is 37.2 Å². The summed E-state index contributed by atoms with van der Waals surface area (Å²) in [6.45, 7) is 1.81. The Bertz CT molecular complexity index is 1930. The van der Waals surface area contributed by atoms with Gasteiger partial charge >= 0.3 is 0 Å². The van der Waals surface area contributed by atoms with Gasteiger partial charge in [-0.3, -0.25) is 14.4 Å². The highest BCUT2D eigenvalue weighted by atomic mass is 32.2. The summed E-state index contributed by atoms with van der Waals surface area (Å²) in [7, 11) is 3.05. The summed E-state index contributed by atoms with van der Waals surface area (Å²) < 4.78 is 16.7. The third-order valence-corrected chi connectivity index (χ3v) is 8.23. The minimum Gasteiger partial charge on any atom is -0.497 e. The largest absolute Gasteiger partial charge is 0.497 e. The van der Waals surface area contributed by atoms with E-state index in [0.717, 1.165) is 10.6 Å². The predicted molar refractivity (Wildman–Crippen MR) is 193 cm³/mol. The van der Waals surface area contributed by atoms with Gasteiger partial charge in [0.15, 0.2) is 0 Å². The van der Waals surface area contributed by atoms with Gasteiger partial charge in [-0.25, -0.2) is 0 Å². The summed E-state index contributed by atoms with van der Waals surface area (Å²) in [6, 6.07) is 37.5.